The number of hydrogen-bond donors (Lipinski definition) is 0. The molecule has 1 atom stereocenters. The lowest BCUT2D eigenvalue weighted by Gasteiger charge is -2.14. The molecular weight excluding hydrogens is 262 g/mol. The van der Waals surface area contributed by atoms with Gasteiger partial charge in [0.25, 0.3) is 0 Å². The number of carbonyl (C=O) groups is 1. The molecule has 0 amide bonds. The molecule has 0 spiro atoms. The maximum absolute atomic E-state index is 13.5. The zero-order valence-electron chi connectivity index (χ0n) is 11.2. The molecule has 0 fully saturated rings. The second-order valence-electron chi connectivity index (χ2n) is 4.57. The third-order valence-electron chi connectivity index (χ3n) is 2.87. The fourth-order valence-electron chi connectivity index (χ4n) is 1.85. The van der Waals surface area contributed by atoms with Crippen LogP contribution in [0.4, 0.5) is 8.78 Å². The smallest absolute Gasteiger partial charge is 0.205 e. The minimum Gasteiger partial charge on any atom is -0.483 e. The van der Waals surface area contributed by atoms with Gasteiger partial charge in [-0.1, -0.05) is 12.1 Å². The van der Waals surface area contributed by atoms with E-state index in [9.17, 15) is 13.6 Å². The highest BCUT2D eigenvalue weighted by molar-refractivity contribution is 5.99. The molecule has 0 N–H and O–H groups in total. The van der Waals surface area contributed by atoms with Crippen LogP contribution in [0.5, 0.6) is 5.75 Å². The van der Waals surface area contributed by atoms with Gasteiger partial charge in [-0.25, -0.2) is 8.78 Å². The summed E-state index contributed by atoms with van der Waals surface area (Å²) in [4.78, 5) is 12.1. The number of rotatable bonds is 4. The Labute approximate surface area is 116 Å². The predicted molar refractivity (Wildman–Crippen MR) is 72.0 cm³/mol. The van der Waals surface area contributed by atoms with E-state index in [0.717, 1.165) is 17.7 Å². The van der Waals surface area contributed by atoms with Crippen LogP contribution in [-0.2, 0) is 0 Å². The van der Waals surface area contributed by atoms with Gasteiger partial charge in [0, 0.05) is 6.07 Å². The molecule has 0 saturated carbocycles. The summed E-state index contributed by atoms with van der Waals surface area (Å²) in [6.07, 6.45) is -0.850. The molecule has 0 heterocycles. The highest BCUT2D eigenvalue weighted by atomic mass is 19.1. The molecule has 0 aliphatic heterocycles. The van der Waals surface area contributed by atoms with Gasteiger partial charge in [0.1, 0.15) is 17.4 Å². The Balaban J connectivity index is 2.16. The van der Waals surface area contributed by atoms with E-state index in [2.05, 4.69) is 0 Å². The van der Waals surface area contributed by atoms with Gasteiger partial charge in [0.05, 0.1) is 5.56 Å². The van der Waals surface area contributed by atoms with Gasteiger partial charge in [-0.05, 0) is 43.7 Å². The van der Waals surface area contributed by atoms with Crippen LogP contribution in [0.15, 0.2) is 42.5 Å². The Bertz CT molecular complexity index is 638. The fraction of sp³-hybridized carbons (Fsp3) is 0.188. The second-order valence-corrected chi connectivity index (χ2v) is 4.57. The van der Waals surface area contributed by atoms with Crippen molar-refractivity contribution in [1.82, 2.24) is 0 Å². The van der Waals surface area contributed by atoms with Gasteiger partial charge in [0.2, 0.25) is 5.78 Å². The van der Waals surface area contributed by atoms with E-state index in [1.807, 2.05) is 13.0 Å². The summed E-state index contributed by atoms with van der Waals surface area (Å²) in [7, 11) is 0. The van der Waals surface area contributed by atoms with E-state index >= 15 is 0 Å². The Morgan fingerprint density at radius 3 is 2.55 bits per heavy atom. The lowest BCUT2D eigenvalue weighted by atomic mass is 10.1. The topological polar surface area (TPSA) is 26.3 Å². The molecule has 2 rings (SSSR count). The molecule has 2 aromatic rings. The molecule has 0 saturated heterocycles. The molecule has 0 aromatic heterocycles. The number of benzene rings is 2. The lowest BCUT2D eigenvalue weighted by Crippen LogP contribution is -2.24. The molecular formula is C16H14F2O2. The highest BCUT2D eigenvalue weighted by Gasteiger charge is 2.20. The first-order chi connectivity index (χ1) is 9.47. The molecule has 0 bridgehead atoms. The summed E-state index contributed by atoms with van der Waals surface area (Å²) in [6.45, 7) is 3.44. The van der Waals surface area contributed by atoms with Crippen molar-refractivity contribution in [3.05, 3.63) is 65.2 Å². The molecule has 2 aromatic carbocycles. The maximum atomic E-state index is 13.5. The first-order valence-corrected chi connectivity index (χ1v) is 6.20. The summed E-state index contributed by atoms with van der Waals surface area (Å²) in [5.41, 5.74) is 0.821. The summed E-state index contributed by atoms with van der Waals surface area (Å²) >= 11 is 0. The van der Waals surface area contributed by atoms with Crippen molar-refractivity contribution < 1.29 is 18.3 Å². The van der Waals surface area contributed by atoms with Crippen molar-refractivity contribution >= 4 is 5.78 Å². The Morgan fingerprint density at radius 2 is 1.90 bits per heavy atom. The van der Waals surface area contributed by atoms with Crippen LogP contribution in [0, 0.1) is 18.6 Å². The molecule has 4 heteroatoms. The number of aryl methyl sites for hydroxylation is 1. The predicted octanol–water partition coefficient (Wildman–Crippen LogP) is 3.92. The number of hydrogen-bond acceptors (Lipinski definition) is 2. The van der Waals surface area contributed by atoms with Crippen LogP contribution in [0.1, 0.15) is 22.8 Å². The van der Waals surface area contributed by atoms with Gasteiger partial charge >= 0.3 is 0 Å². The average Bonchev–Trinajstić information content (AvgIpc) is 2.38. The van der Waals surface area contributed by atoms with Gasteiger partial charge in [0.15, 0.2) is 6.10 Å². The molecule has 0 radical (unpaired) electrons. The minimum absolute atomic E-state index is 0.174. The normalized spacial score (nSPS) is 12.0. The number of Topliss-reactive ketones (excluding diaryl/α,β-unsaturated/α-hetero) is 1. The molecule has 20 heavy (non-hydrogen) atoms. The van der Waals surface area contributed by atoms with E-state index < -0.39 is 23.5 Å². The van der Waals surface area contributed by atoms with Crippen molar-refractivity contribution in [2.24, 2.45) is 0 Å². The van der Waals surface area contributed by atoms with Crippen molar-refractivity contribution in [2.75, 3.05) is 0 Å². The van der Waals surface area contributed by atoms with Crippen LogP contribution in [-0.4, -0.2) is 11.9 Å². The van der Waals surface area contributed by atoms with Crippen LogP contribution >= 0.6 is 0 Å². The van der Waals surface area contributed by atoms with Crippen LogP contribution in [0.25, 0.3) is 0 Å². The zero-order chi connectivity index (χ0) is 14.7. The first-order valence-electron chi connectivity index (χ1n) is 6.20. The summed E-state index contributed by atoms with van der Waals surface area (Å²) in [5.74, 6) is -1.58. The zero-order valence-corrected chi connectivity index (χ0v) is 11.2. The molecule has 0 aliphatic rings. The van der Waals surface area contributed by atoms with E-state index in [1.165, 1.54) is 6.92 Å². The number of ketones is 1. The molecule has 1 unspecified atom stereocenters. The number of carbonyl (C=O) groups excluding carboxylic acids is 1. The first kappa shape index (κ1) is 14.2. The van der Waals surface area contributed by atoms with E-state index in [-0.39, 0.29) is 5.56 Å². The van der Waals surface area contributed by atoms with Gasteiger partial charge in [-0.2, -0.15) is 0 Å². The van der Waals surface area contributed by atoms with Gasteiger partial charge in [-0.15, -0.1) is 0 Å². The highest BCUT2D eigenvalue weighted by Crippen LogP contribution is 2.18. The lowest BCUT2D eigenvalue weighted by molar-refractivity contribution is 0.0813. The number of ether oxygens (including phenoxy) is 1. The van der Waals surface area contributed by atoms with Crippen LogP contribution in [0.3, 0.4) is 0 Å². The minimum atomic E-state index is -0.880. The van der Waals surface area contributed by atoms with Crippen molar-refractivity contribution in [1.29, 1.82) is 0 Å². The van der Waals surface area contributed by atoms with Crippen LogP contribution < -0.4 is 4.74 Å². The summed E-state index contributed by atoms with van der Waals surface area (Å²) in [6, 6.07) is 10.1. The van der Waals surface area contributed by atoms with E-state index in [4.69, 9.17) is 4.74 Å². The van der Waals surface area contributed by atoms with E-state index in [0.29, 0.717) is 11.8 Å². The van der Waals surface area contributed by atoms with Crippen molar-refractivity contribution in [2.45, 2.75) is 20.0 Å². The second kappa shape index (κ2) is 5.82. The fourth-order valence-corrected chi connectivity index (χ4v) is 1.85. The molecule has 2 nitrogen and oxygen atoms in total. The quantitative estimate of drug-likeness (QED) is 0.791. The van der Waals surface area contributed by atoms with Crippen molar-refractivity contribution in [3.8, 4) is 5.75 Å². The average molecular weight is 276 g/mol. The standard InChI is InChI=1S/C16H14F2O2/c1-10-4-3-5-13(8-10)20-11(2)16(19)14-7-6-12(17)9-15(14)18/h3-9,11H,1-2H3. The monoisotopic (exact) mass is 276 g/mol. The molecule has 0 aliphatic carbocycles. The van der Waals surface area contributed by atoms with Gasteiger partial charge in [-0.3, -0.25) is 4.79 Å². The summed E-state index contributed by atoms with van der Waals surface area (Å²) < 4.78 is 31.9. The van der Waals surface area contributed by atoms with E-state index in [1.54, 1.807) is 18.2 Å². The third-order valence-corrected chi connectivity index (χ3v) is 2.87. The van der Waals surface area contributed by atoms with Crippen LogP contribution in [0.2, 0.25) is 0 Å². The van der Waals surface area contributed by atoms with Gasteiger partial charge < -0.3 is 4.74 Å². The summed E-state index contributed by atoms with van der Waals surface area (Å²) in [5, 5.41) is 0. The molecule has 104 valence electrons. The van der Waals surface area contributed by atoms with Crippen molar-refractivity contribution in [3.63, 3.8) is 0 Å². The Kier molecular flexibility index (Phi) is 4.13. The Hall–Kier alpha value is -2.23. The SMILES string of the molecule is Cc1cccc(OC(C)C(=O)c2ccc(F)cc2F)c1. The largest absolute Gasteiger partial charge is 0.483 e. The third kappa shape index (κ3) is 3.20. The Morgan fingerprint density at radius 1 is 1.15 bits per heavy atom. The number of halogens is 2. The maximum Gasteiger partial charge on any atom is 0.205 e.